The van der Waals surface area contributed by atoms with Crippen LogP contribution in [0.15, 0.2) is 97.2 Å². The number of unbranched alkanes of at least 4 members (excludes halogenated alkanes) is 30. The Kier molecular flexibility index (Phi) is 59.8. The molecule has 0 radical (unpaired) electrons. The van der Waals surface area contributed by atoms with Gasteiger partial charge in [-0.1, -0.05) is 266 Å². The van der Waals surface area contributed by atoms with E-state index < -0.39 is 6.10 Å². The van der Waals surface area contributed by atoms with Crippen molar-refractivity contribution in [2.75, 3.05) is 13.2 Å². The number of carbonyl (C=O) groups excluding carboxylic acids is 3. The molecule has 75 heavy (non-hydrogen) atoms. The first-order valence-corrected chi connectivity index (χ1v) is 31.7. The molecule has 0 saturated carbocycles. The third-order valence-corrected chi connectivity index (χ3v) is 13.5. The molecule has 0 aromatic rings. The van der Waals surface area contributed by atoms with E-state index >= 15 is 0 Å². The SMILES string of the molecule is CC/C=C\C/C=C\C/C=C\C/C=C\CCCCCCCCCCCCCCC(=O)OCC(COC(=O)CCCCCCC/C=C\CCCC)OC(=O)CCCCCCCC/C=C\C/C=C\C/C=C\CCCCCCC. The van der Waals surface area contributed by atoms with Crippen molar-refractivity contribution in [2.45, 2.75) is 309 Å². The highest BCUT2D eigenvalue weighted by molar-refractivity contribution is 5.71. The minimum Gasteiger partial charge on any atom is -0.462 e. The van der Waals surface area contributed by atoms with Crippen LogP contribution in [0.25, 0.3) is 0 Å². The summed E-state index contributed by atoms with van der Waals surface area (Å²) in [4.78, 5) is 38.2. The Labute approximate surface area is 464 Å². The van der Waals surface area contributed by atoms with Gasteiger partial charge in [-0.05, 0) is 116 Å². The van der Waals surface area contributed by atoms with Crippen LogP contribution in [0.1, 0.15) is 303 Å². The van der Waals surface area contributed by atoms with Crippen molar-refractivity contribution in [1.82, 2.24) is 0 Å². The van der Waals surface area contributed by atoms with Gasteiger partial charge in [-0.3, -0.25) is 14.4 Å². The molecule has 0 N–H and O–H groups in total. The van der Waals surface area contributed by atoms with Crippen molar-refractivity contribution < 1.29 is 28.6 Å². The Bertz CT molecular complexity index is 1480. The van der Waals surface area contributed by atoms with Crippen molar-refractivity contribution >= 4 is 17.9 Å². The molecule has 1 unspecified atom stereocenters. The van der Waals surface area contributed by atoms with Crippen molar-refractivity contribution in [1.29, 1.82) is 0 Å². The summed E-state index contributed by atoms with van der Waals surface area (Å²) in [5.41, 5.74) is 0. The fourth-order valence-electron chi connectivity index (χ4n) is 8.78. The van der Waals surface area contributed by atoms with E-state index in [0.717, 1.165) is 116 Å². The maximum absolute atomic E-state index is 12.9. The highest BCUT2D eigenvalue weighted by atomic mass is 16.6. The van der Waals surface area contributed by atoms with Gasteiger partial charge in [0.25, 0.3) is 0 Å². The predicted molar refractivity (Wildman–Crippen MR) is 325 cm³/mol. The summed E-state index contributed by atoms with van der Waals surface area (Å²) >= 11 is 0. The molecule has 0 spiro atoms. The summed E-state index contributed by atoms with van der Waals surface area (Å²) in [5, 5.41) is 0. The van der Waals surface area contributed by atoms with Gasteiger partial charge >= 0.3 is 17.9 Å². The Morgan fingerprint density at radius 2 is 0.533 bits per heavy atom. The minimum absolute atomic E-state index is 0.0859. The lowest BCUT2D eigenvalue weighted by molar-refractivity contribution is -0.167. The van der Waals surface area contributed by atoms with Crippen LogP contribution in [-0.4, -0.2) is 37.2 Å². The van der Waals surface area contributed by atoms with Gasteiger partial charge in [0.1, 0.15) is 13.2 Å². The number of allylic oxidation sites excluding steroid dienone is 16. The van der Waals surface area contributed by atoms with Crippen molar-refractivity contribution in [3.63, 3.8) is 0 Å². The zero-order chi connectivity index (χ0) is 54.3. The molecule has 0 aliphatic heterocycles. The monoisotopic (exact) mass is 1040 g/mol. The molecular formula is C69H118O6. The van der Waals surface area contributed by atoms with Gasteiger partial charge in [-0.2, -0.15) is 0 Å². The van der Waals surface area contributed by atoms with Crippen LogP contribution in [-0.2, 0) is 28.6 Å². The normalized spacial score (nSPS) is 12.7. The quantitative estimate of drug-likeness (QED) is 0.0261. The minimum atomic E-state index is -0.790. The molecule has 430 valence electrons. The number of rotatable bonds is 57. The zero-order valence-electron chi connectivity index (χ0n) is 49.3. The molecule has 0 heterocycles. The summed E-state index contributed by atoms with van der Waals surface area (Å²) < 4.78 is 16.9. The van der Waals surface area contributed by atoms with E-state index in [1.807, 2.05) is 0 Å². The maximum atomic E-state index is 12.9. The summed E-state index contributed by atoms with van der Waals surface area (Å²) in [7, 11) is 0. The molecule has 0 aliphatic carbocycles. The number of hydrogen-bond acceptors (Lipinski definition) is 6. The van der Waals surface area contributed by atoms with Gasteiger partial charge in [0.15, 0.2) is 6.10 Å². The lowest BCUT2D eigenvalue weighted by Gasteiger charge is -2.18. The van der Waals surface area contributed by atoms with Crippen LogP contribution in [0.3, 0.4) is 0 Å². The van der Waals surface area contributed by atoms with Gasteiger partial charge in [-0.25, -0.2) is 0 Å². The fourth-order valence-corrected chi connectivity index (χ4v) is 8.78. The number of ether oxygens (including phenoxy) is 3. The maximum Gasteiger partial charge on any atom is 0.306 e. The molecule has 1 atom stereocenters. The summed E-state index contributed by atoms with van der Waals surface area (Å²) in [5.74, 6) is -0.903. The van der Waals surface area contributed by atoms with Crippen LogP contribution < -0.4 is 0 Å². The Balaban J connectivity index is 4.30. The first-order valence-electron chi connectivity index (χ1n) is 31.7. The molecule has 0 amide bonds. The van der Waals surface area contributed by atoms with Crippen molar-refractivity contribution in [3.8, 4) is 0 Å². The first-order chi connectivity index (χ1) is 37.0. The third kappa shape index (κ3) is 61.1. The van der Waals surface area contributed by atoms with Crippen LogP contribution in [0.2, 0.25) is 0 Å². The largest absolute Gasteiger partial charge is 0.462 e. The van der Waals surface area contributed by atoms with Crippen molar-refractivity contribution in [3.05, 3.63) is 97.2 Å². The number of hydrogen-bond donors (Lipinski definition) is 0. The van der Waals surface area contributed by atoms with E-state index in [0.29, 0.717) is 19.3 Å². The third-order valence-electron chi connectivity index (χ3n) is 13.5. The zero-order valence-corrected chi connectivity index (χ0v) is 49.3. The van der Waals surface area contributed by atoms with E-state index in [4.69, 9.17) is 14.2 Å². The van der Waals surface area contributed by atoms with E-state index in [9.17, 15) is 14.4 Å². The molecule has 0 bridgehead atoms. The molecule has 0 saturated heterocycles. The second kappa shape index (κ2) is 62.9. The topological polar surface area (TPSA) is 78.9 Å². The van der Waals surface area contributed by atoms with Gasteiger partial charge < -0.3 is 14.2 Å². The average Bonchev–Trinajstić information content (AvgIpc) is 3.41. The highest BCUT2D eigenvalue weighted by Crippen LogP contribution is 2.16. The summed E-state index contributed by atoms with van der Waals surface area (Å²) in [6.45, 7) is 6.48. The van der Waals surface area contributed by atoms with Crippen molar-refractivity contribution in [2.24, 2.45) is 0 Å². The Hall–Kier alpha value is -3.67. The highest BCUT2D eigenvalue weighted by Gasteiger charge is 2.19. The number of esters is 3. The van der Waals surface area contributed by atoms with E-state index in [1.54, 1.807) is 0 Å². The molecule has 0 rings (SSSR count). The summed E-state index contributed by atoms with van der Waals surface area (Å²) in [6.07, 6.45) is 84.1. The molecule has 0 aliphatic rings. The van der Waals surface area contributed by atoms with Crippen LogP contribution >= 0.6 is 0 Å². The Morgan fingerprint density at radius 1 is 0.280 bits per heavy atom. The van der Waals surface area contributed by atoms with E-state index in [1.165, 1.54) is 148 Å². The van der Waals surface area contributed by atoms with Crippen LogP contribution in [0.4, 0.5) is 0 Å². The molecule has 0 aromatic carbocycles. The molecule has 6 heteroatoms. The average molecular weight is 1040 g/mol. The smallest absolute Gasteiger partial charge is 0.306 e. The summed E-state index contributed by atoms with van der Waals surface area (Å²) in [6, 6.07) is 0. The number of carbonyl (C=O) groups is 3. The molecular weight excluding hydrogens is 925 g/mol. The fraction of sp³-hybridized carbons (Fsp3) is 0.725. The van der Waals surface area contributed by atoms with Gasteiger partial charge in [0.2, 0.25) is 0 Å². The lowest BCUT2D eigenvalue weighted by Crippen LogP contribution is -2.30. The van der Waals surface area contributed by atoms with E-state index in [-0.39, 0.29) is 31.1 Å². The molecule has 0 aromatic heterocycles. The van der Waals surface area contributed by atoms with Crippen LogP contribution in [0.5, 0.6) is 0 Å². The first kappa shape index (κ1) is 71.3. The molecule has 6 nitrogen and oxygen atoms in total. The molecule has 0 fully saturated rings. The van der Waals surface area contributed by atoms with Crippen LogP contribution in [0, 0.1) is 0 Å². The Morgan fingerprint density at radius 3 is 0.867 bits per heavy atom. The van der Waals surface area contributed by atoms with Gasteiger partial charge in [0, 0.05) is 19.3 Å². The lowest BCUT2D eigenvalue weighted by atomic mass is 10.0. The predicted octanol–water partition coefficient (Wildman–Crippen LogP) is 21.7. The second-order valence-corrected chi connectivity index (χ2v) is 20.9. The van der Waals surface area contributed by atoms with E-state index in [2.05, 4.69) is 118 Å². The standard InChI is InChI=1S/C69H118O6/c1-4-7-10-13-16-19-22-24-26-28-30-32-33-34-35-37-38-40-42-44-47-50-53-56-59-62-68(71)74-65-66(64-73-67(70)61-58-55-52-49-46-21-18-15-12-9-6-3)75-69(72)63-60-57-54-51-48-45-43-41-39-36-31-29-27-25-23-20-17-14-11-8-5-2/h7,10,15-16,18-19,23-26,29-32,39,41,66H,4-6,8-9,11-14,17,20-22,27-28,33-38,40,42-65H2,1-3H3/b10-7-,18-15-,19-16-,25-23-,26-24-,31-29-,32-30-,41-39-. The van der Waals surface area contributed by atoms with Gasteiger partial charge in [0.05, 0.1) is 0 Å². The van der Waals surface area contributed by atoms with Gasteiger partial charge in [-0.15, -0.1) is 0 Å². The second-order valence-electron chi connectivity index (χ2n) is 20.9.